The van der Waals surface area contributed by atoms with Crippen LogP contribution >= 0.6 is 0 Å². The van der Waals surface area contributed by atoms with Crippen LogP contribution in [0.5, 0.6) is 0 Å². The molecule has 1 unspecified atom stereocenters. The Hall–Kier alpha value is -4.00. The van der Waals surface area contributed by atoms with Crippen molar-refractivity contribution in [2.24, 2.45) is 5.92 Å². The number of nitrogens with one attached hydrogen (secondary N) is 1. The van der Waals surface area contributed by atoms with E-state index in [0.717, 1.165) is 40.7 Å². The molecule has 1 saturated carbocycles. The summed E-state index contributed by atoms with van der Waals surface area (Å²) in [6.45, 7) is 2.03. The molecular formula is C28H25FN4O2. The smallest absolute Gasteiger partial charge is 0.230 e. The van der Waals surface area contributed by atoms with Gasteiger partial charge in [-0.15, -0.1) is 0 Å². The average Bonchev–Trinajstić information content (AvgIpc) is 3.59. The number of rotatable bonds is 5. The van der Waals surface area contributed by atoms with Crippen molar-refractivity contribution in [3.05, 3.63) is 90.4 Å². The van der Waals surface area contributed by atoms with E-state index in [1.54, 1.807) is 23.0 Å². The van der Waals surface area contributed by atoms with Gasteiger partial charge in [-0.05, 0) is 67.8 Å². The molecule has 0 spiro atoms. The number of carbonyl (C=O) groups is 2. The van der Waals surface area contributed by atoms with Crippen molar-refractivity contribution in [3.63, 3.8) is 0 Å². The first-order chi connectivity index (χ1) is 16.9. The first kappa shape index (κ1) is 21.5. The fraction of sp³-hybridized carbons (Fsp3) is 0.250. The molecule has 4 aromatic rings. The highest BCUT2D eigenvalue weighted by Crippen LogP contribution is 2.44. The van der Waals surface area contributed by atoms with E-state index in [0.29, 0.717) is 0 Å². The summed E-state index contributed by atoms with van der Waals surface area (Å²) in [5.41, 5.74) is 2.57. The Morgan fingerprint density at radius 3 is 2.46 bits per heavy atom. The van der Waals surface area contributed by atoms with Gasteiger partial charge in [0.25, 0.3) is 0 Å². The number of hydrogen-bond acceptors (Lipinski definition) is 3. The normalized spacial score (nSPS) is 22.1. The Morgan fingerprint density at radius 1 is 1.03 bits per heavy atom. The number of amides is 2. The summed E-state index contributed by atoms with van der Waals surface area (Å²) in [7, 11) is 0. The van der Waals surface area contributed by atoms with Crippen LogP contribution in [-0.4, -0.2) is 27.6 Å². The standard InChI is InChI=1S/C28H25FN4O2/c1-28(20-5-3-2-4-6-20)25(31-27(35)18-7-8-18)16-26(34)32(28)23-13-14-24-19(15-23)17-30-33(24)22-11-9-21(29)10-12-22/h2-6,9-15,17-18,25H,7-8,16H2,1H3,(H,31,35)/t25?,28-/m1/s1. The van der Waals surface area contributed by atoms with Crippen LogP contribution in [-0.2, 0) is 15.1 Å². The number of benzene rings is 3. The van der Waals surface area contributed by atoms with Crippen molar-refractivity contribution in [2.75, 3.05) is 4.90 Å². The maximum absolute atomic E-state index is 13.5. The molecule has 2 heterocycles. The minimum absolute atomic E-state index is 0.0304. The summed E-state index contributed by atoms with van der Waals surface area (Å²) in [6.07, 6.45) is 3.80. The van der Waals surface area contributed by atoms with E-state index in [1.165, 1.54) is 12.1 Å². The van der Waals surface area contributed by atoms with Crippen molar-refractivity contribution in [1.29, 1.82) is 0 Å². The zero-order chi connectivity index (χ0) is 24.2. The van der Waals surface area contributed by atoms with Crippen LogP contribution in [0.15, 0.2) is 79.0 Å². The minimum atomic E-state index is -0.747. The molecule has 1 saturated heterocycles. The van der Waals surface area contributed by atoms with Gasteiger partial charge in [0.2, 0.25) is 11.8 Å². The molecule has 2 fully saturated rings. The van der Waals surface area contributed by atoms with E-state index >= 15 is 0 Å². The van der Waals surface area contributed by atoms with Gasteiger partial charge in [0.1, 0.15) is 5.82 Å². The number of hydrogen-bond donors (Lipinski definition) is 1. The van der Waals surface area contributed by atoms with Gasteiger partial charge in [0.05, 0.1) is 35.4 Å². The van der Waals surface area contributed by atoms with Crippen molar-refractivity contribution in [3.8, 4) is 5.69 Å². The lowest BCUT2D eigenvalue weighted by Crippen LogP contribution is -2.53. The van der Waals surface area contributed by atoms with Crippen molar-refractivity contribution < 1.29 is 14.0 Å². The molecule has 1 N–H and O–H groups in total. The Labute approximate surface area is 202 Å². The molecule has 35 heavy (non-hydrogen) atoms. The van der Waals surface area contributed by atoms with E-state index in [-0.39, 0.29) is 36.0 Å². The molecule has 1 aliphatic carbocycles. The number of aromatic nitrogens is 2. The molecule has 6 nitrogen and oxygen atoms in total. The predicted octanol–water partition coefficient (Wildman–Crippen LogP) is 4.71. The maximum Gasteiger partial charge on any atom is 0.230 e. The summed E-state index contributed by atoms with van der Waals surface area (Å²) in [4.78, 5) is 28.0. The molecule has 3 aromatic carbocycles. The molecular weight excluding hydrogens is 443 g/mol. The Balaban J connectivity index is 1.42. The second-order valence-corrected chi connectivity index (χ2v) is 9.56. The first-order valence-corrected chi connectivity index (χ1v) is 11.9. The van der Waals surface area contributed by atoms with Crippen molar-refractivity contribution in [2.45, 2.75) is 37.8 Å². The number of nitrogens with zero attached hydrogens (tertiary/aromatic N) is 3. The zero-order valence-electron chi connectivity index (χ0n) is 19.3. The quantitative estimate of drug-likeness (QED) is 0.461. The third-order valence-corrected chi connectivity index (χ3v) is 7.28. The predicted molar refractivity (Wildman–Crippen MR) is 132 cm³/mol. The third-order valence-electron chi connectivity index (χ3n) is 7.28. The van der Waals surface area contributed by atoms with Gasteiger partial charge in [-0.25, -0.2) is 9.07 Å². The monoisotopic (exact) mass is 468 g/mol. The molecule has 1 aliphatic heterocycles. The first-order valence-electron chi connectivity index (χ1n) is 11.9. The van der Waals surface area contributed by atoms with Gasteiger partial charge >= 0.3 is 0 Å². The average molecular weight is 469 g/mol. The molecule has 2 aliphatic rings. The molecule has 7 heteroatoms. The highest BCUT2D eigenvalue weighted by molar-refractivity contribution is 6.01. The Bertz CT molecular complexity index is 1430. The van der Waals surface area contributed by atoms with Crippen molar-refractivity contribution >= 4 is 28.4 Å². The lowest BCUT2D eigenvalue weighted by Gasteiger charge is -2.40. The fourth-order valence-corrected chi connectivity index (χ4v) is 5.17. The van der Waals surface area contributed by atoms with Gasteiger partial charge in [-0.1, -0.05) is 30.3 Å². The van der Waals surface area contributed by atoms with Crippen LogP contribution in [0.4, 0.5) is 10.1 Å². The second kappa shape index (κ2) is 8.05. The van der Waals surface area contributed by atoms with Crippen LogP contribution in [0.1, 0.15) is 31.7 Å². The lowest BCUT2D eigenvalue weighted by atomic mass is 9.84. The van der Waals surface area contributed by atoms with Crippen LogP contribution in [0.25, 0.3) is 16.6 Å². The summed E-state index contributed by atoms with van der Waals surface area (Å²) in [6, 6.07) is 21.5. The molecule has 0 bridgehead atoms. The van der Waals surface area contributed by atoms with Crippen LogP contribution in [0.2, 0.25) is 0 Å². The number of anilines is 1. The molecule has 2 atom stereocenters. The summed E-state index contributed by atoms with van der Waals surface area (Å²) in [5.74, 6) is -0.248. The molecule has 1 aromatic heterocycles. The number of carbonyl (C=O) groups excluding carboxylic acids is 2. The van der Waals surface area contributed by atoms with Gasteiger partial charge < -0.3 is 10.2 Å². The van der Waals surface area contributed by atoms with Crippen molar-refractivity contribution in [1.82, 2.24) is 15.1 Å². The fourth-order valence-electron chi connectivity index (χ4n) is 5.17. The third kappa shape index (κ3) is 3.58. The highest BCUT2D eigenvalue weighted by atomic mass is 19.1. The zero-order valence-corrected chi connectivity index (χ0v) is 19.3. The van der Waals surface area contributed by atoms with Crippen LogP contribution in [0, 0.1) is 11.7 Å². The molecule has 176 valence electrons. The lowest BCUT2D eigenvalue weighted by molar-refractivity contribution is -0.123. The summed E-state index contributed by atoms with van der Waals surface area (Å²) < 4.78 is 15.1. The van der Waals surface area contributed by atoms with E-state index in [2.05, 4.69) is 10.4 Å². The van der Waals surface area contributed by atoms with E-state index < -0.39 is 5.54 Å². The maximum atomic E-state index is 13.5. The van der Waals surface area contributed by atoms with E-state index in [1.807, 2.05) is 60.4 Å². The van der Waals surface area contributed by atoms with E-state index in [4.69, 9.17) is 0 Å². The highest BCUT2D eigenvalue weighted by Gasteiger charge is 2.52. The Morgan fingerprint density at radius 2 is 1.74 bits per heavy atom. The molecule has 2 amide bonds. The Kier molecular flexibility index (Phi) is 4.95. The molecule has 0 radical (unpaired) electrons. The van der Waals surface area contributed by atoms with Crippen LogP contribution < -0.4 is 10.2 Å². The number of halogens is 1. The number of fused-ring (bicyclic) bond motifs is 1. The summed E-state index contributed by atoms with van der Waals surface area (Å²) in [5, 5.41) is 8.53. The van der Waals surface area contributed by atoms with E-state index in [9.17, 15) is 14.0 Å². The van der Waals surface area contributed by atoms with Gasteiger partial charge in [-0.2, -0.15) is 5.10 Å². The summed E-state index contributed by atoms with van der Waals surface area (Å²) >= 11 is 0. The molecule has 6 rings (SSSR count). The van der Waals surface area contributed by atoms with Crippen LogP contribution in [0.3, 0.4) is 0 Å². The SMILES string of the molecule is C[C@@]1(c2ccccc2)C(NC(=O)C2CC2)CC(=O)N1c1ccc2c(cnn2-c2ccc(F)cc2)c1. The topological polar surface area (TPSA) is 67.2 Å². The van der Waals surface area contributed by atoms with Gasteiger partial charge in [0.15, 0.2) is 0 Å². The largest absolute Gasteiger partial charge is 0.350 e. The minimum Gasteiger partial charge on any atom is -0.350 e. The van der Waals surface area contributed by atoms with Gasteiger partial charge in [-0.3, -0.25) is 9.59 Å². The van der Waals surface area contributed by atoms with Gasteiger partial charge in [0, 0.05) is 17.0 Å². The second-order valence-electron chi connectivity index (χ2n) is 9.56.